The molecule has 0 aliphatic carbocycles. The largest absolute Gasteiger partial charge is 0.416 e. The van der Waals surface area contributed by atoms with Crippen molar-refractivity contribution >= 4 is 22.9 Å². The third-order valence-corrected chi connectivity index (χ3v) is 3.25. The molecule has 8 heteroatoms. The molecule has 0 aliphatic heterocycles. The zero-order chi connectivity index (χ0) is 15.9. The van der Waals surface area contributed by atoms with Gasteiger partial charge in [-0.15, -0.1) is 0 Å². The van der Waals surface area contributed by atoms with Gasteiger partial charge >= 0.3 is 6.18 Å². The van der Waals surface area contributed by atoms with Gasteiger partial charge in [-0.2, -0.15) is 13.2 Å². The SMILES string of the molecule is CC(C)C(C(N)=O)n1c(N)nc2cc(C(F)(F)F)ccc21. The molecule has 0 saturated carbocycles. The molecule has 1 aromatic carbocycles. The Morgan fingerprint density at radius 2 is 1.95 bits per heavy atom. The lowest BCUT2D eigenvalue weighted by Gasteiger charge is -2.21. The molecule has 1 aromatic heterocycles. The van der Waals surface area contributed by atoms with Crippen LogP contribution in [0.25, 0.3) is 11.0 Å². The van der Waals surface area contributed by atoms with Crippen molar-refractivity contribution in [2.45, 2.75) is 26.1 Å². The average Bonchev–Trinajstić information content (AvgIpc) is 2.63. The van der Waals surface area contributed by atoms with Crippen LogP contribution in [0.4, 0.5) is 19.1 Å². The Kier molecular flexibility index (Phi) is 3.56. The van der Waals surface area contributed by atoms with Crippen molar-refractivity contribution in [3.8, 4) is 0 Å². The van der Waals surface area contributed by atoms with Crippen molar-refractivity contribution in [1.82, 2.24) is 9.55 Å². The van der Waals surface area contributed by atoms with Crippen LogP contribution in [-0.4, -0.2) is 15.5 Å². The summed E-state index contributed by atoms with van der Waals surface area (Å²) in [6.45, 7) is 3.54. The third kappa shape index (κ3) is 2.65. The molecule has 1 unspecified atom stereocenters. The standard InChI is InChI=1S/C13H15F3N4O/c1-6(2)10(11(17)21)20-9-4-3-7(13(14,15)16)5-8(9)19-12(20)18/h3-6,10H,1-2H3,(H2,17,21)(H2,18,19). The van der Waals surface area contributed by atoms with Crippen LogP contribution in [0.1, 0.15) is 25.5 Å². The quantitative estimate of drug-likeness (QED) is 0.912. The molecule has 0 aliphatic rings. The first-order valence-electron chi connectivity index (χ1n) is 6.27. The number of carbonyl (C=O) groups excluding carboxylic acids is 1. The zero-order valence-corrected chi connectivity index (χ0v) is 11.5. The predicted octanol–water partition coefficient (Wildman–Crippen LogP) is 2.32. The topological polar surface area (TPSA) is 86.9 Å². The highest BCUT2D eigenvalue weighted by molar-refractivity contribution is 5.85. The number of halogens is 3. The van der Waals surface area contributed by atoms with E-state index in [0.29, 0.717) is 5.52 Å². The number of hydrogen-bond acceptors (Lipinski definition) is 3. The van der Waals surface area contributed by atoms with Crippen LogP contribution in [0.2, 0.25) is 0 Å². The first-order chi connectivity index (χ1) is 9.62. The third-order valence-electron chi connectivity index (χ3n) is 3.25. The van der Waals surface area contributed by atoms with Crippen molar-refractivity contribution in [3.63, 3.8) is 0 Å². The van der Waals surface area contributed by atoms with E-state index in [1.807, 2.05) is 0 Å². The molecular weight excluding hydrogens is 285 g/mol. The van der Waals surface area contributed by atoms with Gasteiger partial charge < -0.3 is 11.5 Å². The second-order valence-electron chi connectivity index (χ2n) is 5.13. The predicted molar refractivity (Wildman–Crippen MR) is 72.2 cm³/mol. The molecule has 114 valence electrons. The van der Waals surface area contributed by atoms with Crippen LogP contribution in [0, 0.1) is 5.92 Å². The molecule has 4 N–H and O–H groups in total. The van der Waals surface area contributed by atoms with E-state index in [9.17, 15) is 18.0 Å². The number of nitrogen functional groups attached to an aromatic ring is 1. The van der Waals surface area contributed by atoms with E-state index in [0.717, 1.165) is 12.1 Å². The number of nitrogens with zero attached hydrogens (tertiary/aromatic N) is 2. The summed E-state index contributed by atoms with van der Waals surface area (Å²) >= 11 is 0. The number of fused-ring (bicyclic) bond motifs is 1. The van der Waals surface area contributed by atoms with Crippen LogP contribution in [0.15, 0.2) is 18.2 Å². The van der Waals surface area contributed by atoms with Gasteiger partial charge in [-0.1, -0.05) is 13.8 Å². The Labute approximate surface area is 118 Å². The number of amides is 1. The number of primary amides is 1. The number of anilines is 1. The summed E-state index contributed by atoms with van der Waals surface area (Å²) in [5.41, 5.74) is 10.7. The number of hydrogen-bond donors (Lipinski definition) is 2. The van der Waals surface area contributed by atoms with Gasteiger partial charge in [-0.05, 0) is 24.1 Å². The number of nitrogens with two attached hydrogens (primary N) is 2. The summed E-state index contributed by atoms with van der Waals surface area (Å²) in [4.78, 5) is 15.5. The van der Waals surface area contributed by atoms with Crippen molar-refractivity contribution < 1.29 is 18.0 Å². The van der Waals surface area contributed by atoms with E-state index in [-0.39, 0.29) is 17.4 Å². The molecule has 0 spiro atoms. The lowest BCUT2D eigenvalue weighted by atomic mass is 10.0. The molecule has 1 heterocycles. The van der Waals surface area contributed by atoms with E-state index in [2.05, 4.69) is 4.98 Å². The van der Waals surface area contributed by atoms with E-state index in [4.69, 9.17) is 11.5 Å². The Morgan fingerprint density at radius 1 is 1.33 bits per heavy atom. The number of imidazole rings is 1. The highest BCUT2D eigenvalue weighted by Gasteiger charge is 2.32. The second kappa shape index (κ2) is 4.94. The van der Waals surface area contributed by atoms with Gasteiger partial charge in [-0.25, -0.2) is 4.98 Å². The van der Waals surface area contributed by atoms with Crippen LogP contribution < -0.4 is 11.5 Å². The van der Waals surface area contributed by atoms with Crippen LogP contribution in [-0.2, 0) is 11.0 Å². The number of aromatic nitrogens is 2. The van der Waals surface area contributed by atoms with Gasteiger partial charge in [0.25, 0.3) is 0 Å². The Morgan fingerprint density at radius 3 is 2.43 bits per heavy atom. The average molecular weight is 300 g/mol. The monoisotopic (exact) mass is 300 g/mol. The van der Waals surface area contributed by atoms with E-state index < -0.39 is 23.7 Å². The van der Waals surface area contributed by atoms with Gasteiger partial charge in [0, 0.05) is 0 Å². The molecule has 21 heavy (non-hydrogen) atoms. The molecule has 1 amide bonds. The summed E-state index contributed by atoms with van der Waals surface area (Å²) in [6, 6.07) is 2.31. The maximum atomic E-state index is 12.7. The minimum absolute atomic E-state index is 0.0400. The second-order valence-corrected chi connectivity index (χ2v) is 5.13. The molecule has 1 atom stereocenters. The van der Waals surface area contributed by atoms with E-state index in [1.165, 1.54) is 10.6 Å². The summed E-state index contributed by atoms with van der Waals surface area (Å²) in [5.74, 6) is -0.831. The van der Waals surface area contributed by atoms with Gasteiger partial charge in [0.15, 0.2) is 0 Å². The normalized spacial score (nSPS) is 13.8. The fraction of sp³-hybridized carbons (Fsp3) is 0.385. The first-order valence-corrected chi connectivity index (χ1v) is 6.27. The molecule has 0 saturated heterocycles. The zero-order valence-electron chi connectivity index (χ0n) is 11.5. The fourth-order valence-corrected chi connectivity index (χ4v) is 2.34. The molecule has 0 radical (unpaired) electrons. The van der Waals surface area contributed by atoms with Crippen molar-refractivity contribution in [1.29, 1.82) is 0 Å². The summed E-state index contributed by atoms with van der Waals surface area (Å²) in [5, 5.41) is 0. The molecule has 2 aromatic rings. The molecular formula is C13H15F3N4O. The smallest absolute Gasteiger partial charge is 0.369 e. The summed E-state index contributed by atoms with van der Waals surface area (Å²) < 4.78 is 39.5. The number of carbonyl (C=O) groups is 1. The van der Waals surface area contributed by atoms with Gasteiger partial charge in [0.05, 0.1) is 16.6 Å². The Bertz CT molecular complexity index is 691. The molecule has 2 rings (SSSR count). The van der Waals surface area contributed by atoms with Crippen molar-refractivity contribution in [2.75, 3.05) is 5.73 Å². The fourth-order valence-electron chi connectivity index (χ4n) is 2.34. The minimum Gasteiger partial charge on any atom is -0.369 e. The van der Waals surface area contributed by atoms with E-state index in [1.54, 1.807) is 13.8 Å². The number of alkyl halides is 3. The molecule has 5 nitrogen and oxygen atoms in total. The highest BCUT2D eigenvalue weighted by Crippen LogP contribution is 2.33. The first kappa shape index (κ1) is 15.1. The summed E-state index contributed by atoms with van der Waals surface area (Å²) in [7, 11) is 0. The maximum absolute atomic E-state index is 12.7. The van der Waals surface area contributed by atoms with Gasteiger partial charge in [-0.3, -0.25) is 9.36 Å². The summed E-state index contributed by atoms with van der Waals surface area (Å²) in [6.07, 6.45) is -4.46. The number of benzene rings is 1. The van der Waals surface area contributed by atoms with Crippen molar-refractivity contribution in [3.05, 3.63) is 23.8 Å². The molecule has 0 fully saturated rings. The Hall–Kier alpha value is -2.25. The van der Waals surface area contributed by atoms with Gasteiger partial charge in [0.2, 0.25) is 11.9 Å². The lowest BCUT2D eigenvalue weighted by molar-refractivity contribution is -0.137. The minimum atomic E-state index is -4.46. The lowest BCUT2D eigenvalue weighted by Crippen LogP contribution is -2.31. The van der Waals surface area contributed by atoms with Crippen molar-refractivity contribution in [2.24, 2.45) is 11.7 Å². The maximum Gasteiger partial charge on any atom is 0.416 e. The van der Waals surface area contributed by atoms with Crippen LogP contribution >= 0.6 is 0 Å². The van der Waals surface area contributed by atoms with Crippen LogP contribution in [0.3, 0.4) is 0 Å². The highest BCUT2D eigenvalue weighted by atomic mass is 19.4. The Balaban J connectivity index is 2.66. The van der Waals surface area contributed by atoms with E-state index >= 15 is 0 Å². The van der Waals surface area contributed by atoms with Gasteiger partial charge in [0.1, 0.15) is 6.04 Å². The molecule has 0 bridgehead atoms. The number of rotatable bonds is 3. The van der Waals surface area contributed by atoms with Crippen LogP contribution in [0.5, 0.6) is 0 Å².